The summed E-state index contributed by atoms with van der Waals surface area (Å²) in [5.41, 5.74) is 3.30. The molecular weight excluding hydrogens is 314 g/mol. The van der Waals surface area contributed by atoms with Crippen molar-refractivity contribution in [3.05, 3.63) is 35.8 Å². The van der Waals surface area contributed by atoms with Crippen LogP contribution in [0.5, 0.6) is 0 Å². The summed E-state index contributed by atoms with van der Waals surface area (Å²) in [5, 5.41) is 7.01. The first-order valence-electron chi connectivity index (χ1n) is 9.03. The molecule has 2 fully saturated rings. The van der Waals surface area contributed by atoms with Gasteiger partial charge in [-0.05, 0) is 25.5 Å². The van der Waals surface area contributed by atoms with Crippen LogP contribution in [-0.2, 0) is 11.3 Å². The maximum Gasteiger partial charge on any atom is 0.191 e. The standard InChI is InChI=1S/C19H27N5O/c1-12-6-5-7-15-22-13(11-24(12)15)10-21-18(20-4)23-16-14-8-9-25-17(14)19(16,2)3/h5-7,11,14,16-17H,8-10H2,1-4H3,(H2,20,21,23). The van der Waals surface area contributed by atoms with Crippen molar-refractivity contribution in [1.82, 2.24) is 20.0 Å². The maximum absolute atomic E-state index is 5.87. The van der Waals surface area contributed by atoms with Gasteiger partial charge in [0, 0.05) is 42.9 Å². The highest BCUT2D eigenvalue weighted by Gasteiger charge is 2.59. The van der Waals surface area contributed by atoms with Gasteiger partial charge < -0.3 is 19.8 Å². The lowest BCUT2D eigenvalue weighted by Crippen LogP contribution is -2.67. The number of nitrogens with one attached hydrogen (secondary N) is 2. The molecule has 25 heavy (non-hydrogen) atoms. The predicted molar refractivity (Wildman–Crippen MR) is 98.7 cm³/mol. The summed E-state index contributed by atoms with van der Waals surface area (Å²) in [4.78, 5) is 9.07. The Morgan fingerprint density at radius 2 is 2.28 bits per heavy atom. The first kappa shape index (κ1) is 16.4. The molecule has 2 aliphatic rings. The Bertz CT molecular complexity index is 809. The monoisotopic (exact) mass is 341 g/mol. The van der Waals surface area contributed by atoms with Gasteiger partial charge in [0.05, 0.1) is 18.3 Å². The van der Waals surface area contributed by atoms with Gasteiger partial charge in [0.1, 0.15) is 5.65 Å². The van der Waals surface area contributed by atoms with E-state index < -0.39 is 0 Å². The second-order valence-corrected chi connectivity index (χ2v) is 7.74. The zero-order chi connectivity index (χ0) is 17.6. The van der Waals surface area contributed by atoms with Crippen LogP contribution in [0.1, 0.15) is 31.7 Å². The van der Waals surface area contributed by atoms with Crippen LogP contribution >= 0.6 is 0 Å². The van der Waals surface area contributed by atoms with Gasteiger partial charge in [-0.2, -0.15) is 0 Å². The highest BCUT2D eigenvalue weighted by Crippen LogP contribution is 2.52. The number of hydrogen-bond donors (Lipinski definition) is 2. The molecule has 2 aromatic heterocycles. The minimum absolute atomic E-state index is 0.138. The lowest BCUT2D eigenvalue weighted by Gasteiger charge is -2.54. The molecule has 4 rings (SSSR count). The van der Waals surface area contributed by atoms with E-state index in [-0.39, 0.29) is 5.41 Å². The first-order chi connectivity index (χ1) is 12.0. The van der Waals surface area contributed by atoms with E-state index in [2.05, 4.69) is 58.0 Å². The number of hydrogen-bond acceptors (Lipinski definition) is 3. The Labute approximate surface area is 148 Å². The Hall–Kier alpha value is -2.08. The summed E-state index contributed by atoms with van der Waals surface area (Å²) in [6.45, 7) is 8.16. The van der Waals surface area contributed by atoms with Crippen LogP contribution in [0.4, 0.5) is 0 Å². The lowest BCUT2D eigenvalue weighted by molar-refractivity contribution is -0.106. The van der Waals surface area contributed by atoms with Crippen molar-refractivity contribution in [1.29, 1.82) is 0 Å². The molecule has 1 saturated heterocycles. The van der Waals surface area contributed by atoms with Crippen molar-refractivity contribution >= 4 is 11.6 Å². The molecule has 3 unspecified atom stereocenters. The topological polar surface area (TPSA) is 63.0 Å². The summed E-state index contributed by atoms with van der Waals surface area (Å²) in [5.74, 6) is 1.42. The molecule has 2 N–H and O–H groups in total. The van der Waals surface area contributed by atoms with Crippen LogP contribution < -0.4 is 10.6 Å². The predicted octanol–water partition coefficient (Wildman–Crippen LogP) is 2.12. The summed E-state index contributed by atoms with van der Waals surface area (Å²) in [6.07, 6.45) is 3.60. The third kappa shape index (κ3) is 2.68. The summed E-state index contributed by atoms with van der Waals surface area (Å²) in [6, 6.07) is 6.55. The number of fused-ring (bicyclic) bond motifs is 2. The van der Waals surface area contributed by atoms with Crippen molar-refractivity contribution in [3.63, 3.8) is 0 Å². The van der Waals surface area contributed by atoms with Crippen LogP contribution in [0, 0.1) is 18.3 Å². The van der Waals surface area contributed by atoms with Gasteiger partial charge in [-0.1, -0.05) is 19.9 Å². The number of imidazole rings is 1. The normalized spacial score (nSPS) is 27.8. The molecule has 1 aliphatic carbocycles. The molecule has 0 radical (unpaired) electrons. The van der Waals surface area contributed by atoms with E-state index >= 15 is 0 Å². The van der Waals surface area contributed by atoms with Crippen LogP contribution in [0.25, 0.3) is 5.65 Å². The molecule has 3 heterocycles. The van der Waals surface area contributed by atoms with Crippen LogP contribution in [0.3, 0.4) is 0 Å². The number of guanidine groups is 1. The van der Waals surface area contributed by atoms with E-state index in [1.54, 1.807) is 0 Å². The quantitative estimate of drug-likeness (QED) is 0.663. The van der Waals surface area contributed by atoms with Gasteiger partial charge in [0.2, 0.25) is 0 Å². The van der Waals surface area contributed by atoms with Crippen molar-refractivity contribution in [3.8, 4) is 0 Å². The number of aliphatic imine (C=N–C) groups is 1. The average molecular weight is 341 g/mol. The van der Waals surface area contributed by atoms with E-state index in [9.17, 15) is 0 Å². The van der Waals surface area contributed by atoms with Gasteiger partial charge in [-0.25, -0.2) is 4.98 Å². The number of pyridine rings is 1. The van der Waals surface area contributed by atoms with Crippen molar-refractivity contribution in [2.75, 3.05) is 13.7 Å². The molecule has 0 spiro atoms. The molecule has 6 heteroatoms. The fraction of sp³-hybridized carbons (Fsp3) is 0.579. The smallest absolute Gasteiger partial charge is 0.191 e. The highest BCUT2D eigenvalue weighted by molar-refractivity contribution is 5.80. The maximum atomic E-state index is 5.87. The molecule has 0 aromatic carbocycles. The average Bonchev–Trinajstić information content (AvgIpc) is 3.21. The third-order valence-corrected chi connectivity index (χ3v) is 5.80. The Morgan fingerprint density at radius 1 is 1.44 bits per heavy atom. The molecular formula is C19H27N5O. The van der Waals surface area contributed by atoms with E-state index in [0.717, 1.165) is 30.3 Å². The minimum Gasteiger partial charge on any atom is -0.377 e. The zero-order valence-electron chi connectivity index (χ0n) is 15.4. The molecule has 3 atom stereocenters. The molecule has 0 bridgehead atoms. The Balaban J connectivity index is 1.41. The number of ether oxygens (including phenoxy) is 1. The molecule has 0 amide bonds. The molecule has 2 aromatic rings. The van der Waals surface area contributed by atoms with Crippen molar-refractivity contribution < 1.29 is 4.74 Å². The van der Waals surface area contributed by atoms with Gasteiger partial charge in [0.25, 0.3) is 0 Å². The molecule has 6 nitrogen and oxygen atoms in total. The van der Waals surface area contributed by atoms with Gasteiger partial charge in [-0.3, -0.25) is 4.99 Å². The zero-order valence-corrected chi connectivity index (χ0v) is 15.4. The van der Waals surface area contributed by atoms with E-state index in [1.807, 2.05) is 19.2 Å². The van der Waals surface area contributed by atoms with Crippen LogP contribution in [-0.4, -0.2) is 41.1 Å². The number of rotatable bonds is 3. The fourth-order valence-electron chi connectivity index (χ4n) is 4.42. The van der Waals surface area contributed by atoms with Crippen molar-refractivity contribution in [2.24, 2.45) is 16.3 Å². The summed E-state index contributed by atoms with van der Waals surface area (Å²) >= 11 is 0. The van der Waals surface area contributed by atoms with E-state index in [1.165, 1.54) is 5.69 Å². The van der Waals surface area contributed by atoms with E-state index in [0.29, 0.717) is 24.6 Å². The van der Waals surface area contributed by atoms with Crippen LogP contribution in [0.15, 0.2) is 29.4 Å². The Morgan fingerprint density at radius 3 is 3.04 bits per heavy atom. The highest BCUT2D eigenvalue weighted by atomic mass is 16.5. The molecule has 1 aliphatic heterocycles. The third-order valence-electron chi connectivity index (χ3n) is 5.80. The van der Waals surface area contributed by atoms with Gasteiger partial charge >= 0.3 is 0 Å². The second-order valence-electron chi connectivity index (χ2n) is 7.74. The van der Waals surface area contributed by atoms with E-state index in [4.69, 9.17) is 4.74 Å². The van der Waals surface area contributed by atoms with Crippen molar-refractivity contribution in [2.45, 2.75) is 45.9 Å². The number of aromatic nitrogens is 2. The molecule has 1 saturated carbocycles. The first-order valence-corrected chi connectivity index (χ1v) is 9.03. The number of aryl methyl sites for hydroxylation is 1. The summed E-state index contributed by atoms with van der Waals surface area (Å²) < 4.78 is 7.99. The summed E-state index contributed by atoms with van der Waals surface area (Å²) in [7, 11) is 1.82. The lowest BCUT2D eigenvalue weighted by atomic mass is 9.57. The van der Waals surface area contributed by atoms with Gasteiger partial charge in [0.15, 0.2) is 5.96 Å². The fourth-order valence-corrected chi connectivity index (χ4v) is 4.42. The second kappa shape index (κ2) is 6.02. The Kier molecular flexibility index (Phi) is 3.95. The minimum atomic E-state index is 0.138. The van der Waals surface area contributed by atoms with Crippen LogP contribution in [0.2, 0.25) is 0 Å². The van der Waals surface area contributed by atoms with Gasteiger partial charge in [-0.15, -0.1) is 0 Å². The SMILES string of the molecule is CN=C(NCc1cn2c(C)cccc2n1)NC1C2CCOC2C1(C)C. The number of nitrogens with zero attached hydrogens (tertiary/aromatic N) is 3. The molecule has 134 valence electrons. The largest absolute Gasteiger partial charge is 0.377 e.